The predicted molar refractivity (Wildman–Crippen MR) is 74.0 cm³/mol. The summed E-state index contributed by atoms with van der Waals surface area (Å²) in [6.07, 6.45) is 5.38. The summed E-state index contributed by atoms with van der Waals surface area (Å²) in [5.74, 6) is 0. The first kappa shape index (κ1) is 13.3. The van der Waals surface area contributed by atoms with Gasteiger partial charge in [-0.15, -0.1) is 11.3 Å². The summed E-state index contributed by atoms with van der Waals surface area (Å²) in [4.78, 5) is 1.31. The van der Waals surface area contributed by atoms with E-state index in [1.54, 1.807) is 11.3 Å². The van der Waals surface area contributed by atoms with Crippen molar-refractivity contribution in [2.45, 2.75) is 44.8 Å². The maximum atomic E-state index is 5.93. The van der Waals surface area contributed by atoms with Gasteiger partial charge in [-0.3, -0.25) is 0 Å². The van der Waals surface area contributed by atoms with Gasteiger partial charge in [0.1, 0.15) is 0 Å². The topological polar surface area (TPSA) is 21.3 Å². The molecule has 1 aliphatic rings. The minimum Gasteiger partial charge on any atom is -0.378 e. The molecule has 1 aromatic rings. The molecule has 17 heavy (non-hydrogen) atoms. The van der Waals surface area contributed by atoms with Crippen LogP contribution in [0.3, 0.4) is 0 Å². The summed E-state index contributed by atoms with van der Waals surface area (Å²) in [6.45, 7) is 4.20. The van der Waals surface area contributed by atoms with Crippen LogP contribution in [0.4, 0.5) is 0 Å². The first-order valence-corrected chi connectivity index (χ1v) is 7.55. The summed E-state index contributed by atoms with van der Waals surface area (Å²) >= 11 is 7.58. The van der Waals surface area contributed by atoms with E-state index in [4.69, 9.17) is 16.3 Å². The number of thiophene rings is 1. The molecule has 2 unspecified atom stereocenters. The first-order valence-electron chi connectivity index (χ1n) is 6.36. The lowest BCUT2D eigenvalue weighted by molar-refractivity contribution is 0.102. The number of nitrogens with one attached hydrogen (secondary N) is 1. The van der Waals surface area contributed by atoms with Crippen LogP contribution in [0.15, 0.2) is 12.1 Å². The van der Waals surface area contributed by atoms with Crippen molar-refractivity contribution in [3.05, 3.63) is 21.3 Å². The molecule has 2 atom stereocenters. The molecule has 2 heterocycles. The molecule has 1 saturated heterocycles. The lowest BCUT2D eigenvalue weighted by atomic mass is 10.1. The Bertz CT molecular complexity index is 336. The zero-order chi connectivity index (χ0) is 12.1. The molecule has 1 aliphatic heterocycles. The normalized spacial score (nSPS) is 21.9. The third kappa shape index (κ3) is 4.25. The highest BCUT2D eigenvalue weighted by Gasteiger charge is 2.14. The Balaban J connectivity index is 1.61. The zero-order valence-corrected chi connectivity index (χ0v) is 11.8. The molecule has 0 aromatic carbocycles. The van der Waals surface area contributed by atoms with Crippen molar-refractivity contribution in [2.24, 2.45) is 0 Å². The second-order valence-electron chi connectivity index (χ2n) is 4.59. The first-order chi connectivity index (χ1) is 8.25. The van der Waals surface area contributed by atoms with Gasteiger partial charge in [-0.05, 0) is 51.3 Å². The molecule has 0 radical (unpaired) electrons. The van der Waals surface area contributed by atoms with Gasteiger partial charge < -0.3 is 10.1 Å². The molecule has 1 fully saturated rings. The molecular weight excluding hydrogens is 254 g/mol. The highest BCUT2D eigenvalue weighted by atomic mass is 35.5. The molecule has 2 rings (SSSR count). The second kappa shape index (κ2) is 6.74. The molecule has 0 aliphatic carbocycles. The Hall–Kier alpha value is -0.0900. The minimum absolute atomic E-state index is 0.400. The van der Waals surface area contributed by atoms with Crippen LogP contribution in [0.25, 0.3) is 0 Å². The van der Waals surface area contributed by atoms with Crippen LogP contribution >= 0.6 is 22.9 Å². The standard InChI is InChI=1S/C13H20ClNOS/c1-10(12-6-7-13(14)17-12)15-8-2-4-11-5-3-9-16-11/h6-7,10-11,15H,2-5,8-9H2,1H3. The van der Waals surface area contributed by atoms with Gasteiger partial charge in [0.25, 0.3) is 0 Å². The van der Waals surface area contributed by atoms with Crippen LogP contribution in [0.1, 0.15) is 43.5 Å². The zero-order valence-electron chi connectivity index (χ0n) is 10.2. The van der Waals surface area contributed by atoms with E-state index in [-0.39, 0.29) is 0 Å². The van der Waals surface area contributed by atoms with Gasteiger partial charge in [0.15, 0.2) is 0 Å². The lowest BCUT2D eigenvalue weighted by Gasteiger charge is -2.13. The van der Waals surface area contributed by atoms with E-state index in [1.165, 1.54) is 30.6 Å². The maximum Gasteiger partial charge on any atom is 0.0931 e. The fourth-order valence-corrected chi connectivity index (χ4v) is 3.27. The van der Waals surface area contributed by atoms with Crippen LogP contribution in [0, 0.1) is 0 Å². The summed E-state index contributed by atoms with van der Waals surface area (Å²) in [7, 11) is 0. The van der Waals surface area contributed by atoms with Crippen LogP contribution in [0.5, 0.6) is 0 Å². The smallest absolute Gasteiger partial charge is 0.0931 e. The number of rotatable bonds is 6. The Morgan fingerprint density at radius 1 is 1.59 bits per heavy atom. The molecule has 0 saturated carbocycles. The Labute approximate surface area is 112 Å². The molecule has 1 N–H and O–H groups in total. The van der Waals surface area contributed by atoms with E-state index in [0.29, 0.717) is 12.1 Å². The van der Waals surface area contributed by atoms with E-state index in [9.17, 15) is 0 Å². The van der Waals surface area contributed by atoms with Crippen molar-refractivity contribution in [3.8, 4) is 0 Å². The van der Waals surface area contributed by atoms with Gasteiger partial charge >= 0.3 is 0 Å². The van der Waals surface area contributed by atoms with Crippen LogP contribution in [-0.4, -0.2) is 19.3 Å². The van der Waals surface area contributed by atoms with Gasteiger partial charge in [-0.2, -0.15) is 0 Å². The van der Waals surface area contributed by atoms with Gasteiger partial charge in [-0.1, -0.05) is 11.6 Å². The number of halogens is 1. The summed E-state index contributed by atoms with van der Waals surface area (Å²) in [5.41, 5.74) is 0. The summed E-state index contributed by atoms with van der Waals surface area (Å²) < 4.78 is 6.47. The maximum absolute atomic E-state index is 5.93. The number of hydrogen-bond acceptors (Lipinski definition) is 3. The van der Waals surface area contributed by atoms with Crippen molar-refractivity contribution >= 4 is 22.9 Å². The van der Waals surface area contributed by atoms with E-state index < -0.39 is 0 Å². The molecule has 1 aromatic heterocycles. The average Bonchev–Trinajstić information content (AvgIpc) is 2.95. The summed E-state index contributed by atoms with van der Waals surface area (Å²) in [6, 6.07) is 4.47. The van der Waals surface area contributed by atoms with Crippen molar-refractivity contribution in [3.63, 3.8) is 0 Å². The molecular formula is C13H20ClNOS. The highest BCUT2D eigenvalue weighted by Crippen LogP contribution is 2.26. The fraction of sp³-hybridized carbons (Fsp3) is 0.692. The van der Waals surface area contributed by atoms with Crippen molar-refractivity contribution in [1.82, 2.24) is 5.32 Å². The molecule has 96 valence electrons. The van der Waals surface area contributed by atoms with E-state index in [0.717, 1.165) is 17.5 Å². The average molecular weight is 274 g/mol. The van der Waals surface area contributed by atoms with Crippen LogP contribution < -0.4 is 5.32 Å². The second-order valence-corrected chi connectivity index (χ2v) is 6.34. The summed E-state index contributed by atoms with van der Waals surface area (Å²) in [5, 5.41) is 3.53. The Morgan fingerprint density at radius 3 is 3.12 bits per heavy atom. The van der Waals surface area contributed by atoms with Gasteiger partial charge in [0.2, 0.25) is 0 Å². The Kier molecular flexibility index (Phi) is 5.29. The van der Waals surface area contributed by atoms with Gasteiger partial charge in [0, 0.05) is 17.5 Å². The monoisotopic (exact) mass is 273 g/mol. The highest BCUT2D eigenvalue weighted by molar-refractivity contribution is 7.16. The molecule has 0 spiro atoms. The predicted octanol–water partition coefficient (Wildman–Crippen LogP) is 4.01. The van der Waals surface area contributed by atoms with Gasteiger partial charge in [0.05, 0.1) is 10.4 Å². The van der Waals surface area contributed by atoms with Crippen molar-refractivity contribution < 1.29 is 4.74 Å². The number of hydrogen-bond donors (Lipinski definition) is 1. The van der Waals surface area contributed by atoms with Gasteiger partial charge in [-0.25, -0.2) is 0 Å². The molecule has 0 amide bonds. The molecule has 2 nitrogen and oxygen atoms in total. The quantitative estimate of drug-likeness (QED) is 0.791. The SMILES string of the molecule is CC(NCCCC1CCCO1)c1ccc(Cl)s1. The Morgan fingerprint density at radius 2 is 2.47 bits per heavy atom. The fourth-order valence-electron chi connectivity index (χ4n) is 2.18. The van der Waals surface area contributed by atoms with Crippen LogP contribution in [0.2, 0.25) is 4.34 Å². The van der Waals surface area contributed by atoms with E-state index in [1.807, 2.05) is 6.07 Å². The van der Waals surface area contributed by atoms with Crippen LogP contribution in [-0.2, 0) is 4.74 Å². The molecule has 4 heteroatoms. The van der Waals surface area contributed by atoms with Crippen molar-refractivity contribution in [2.75, 3.05) is 13.2 Å². The lowest BCUT2D eigenvalue weighted by Crippen LogP contribution is -2.20. The third-order valence-electron chi connectivity index (χ3n) is 3.20. The number of ether oxygens (including phenoxy) is 1. The largest absolute Gasteiger partial charge is 0.378 e. The third-order valence-corrected chi connectivity index (χ3v) is 4.61. The molecule has 0 bridgehead atoms. The minimum atomic E-state index is 0.400. The van der Waals surface area contributed by atoms with E-state index >= 15 is 0 Å². The van der Waals surface area contributed by atoms with E-state index in [2.05, 4.69) is 18.3 Å². The van der Waals surface area contributed by atoms with Crippen molar-refractivity contribution in [1.29, 1.82) is 0 Å².